The van der Waals surface area contributed by atoms with Crippen molar-refractivity contribution < 1.29 is 9.84 Å². The summed E-state index contributed by atoms with van der Waals surface area (Å²) >= 11 is 0. The van der Waals surface area contributed by atoms with Gasteiger partial charge in [-0.25, -0.2) is 0 Å². The van der Waals surface area contributed by atoms with E-state index in [0.717, 1.165) is 19.6 Å². The molecule has 0 aromatic heterocycles. The highest BCUT2D eigenvalue weighted by atomic mass is 16.5. The second-order valence-corrected chi connectivity index (χ2v) is 5.62. The molecule has 0 aliphatic rings. The van der Waals surface area contributed by atoms with Gasteiger partial charge in [-0.1, -0.05) is 34.6 Å². The Morgan fingerprint density at radius 1 is 1.31 bits per heavy atom. The number of methoxy groups -OCH3 is 1. The Bertz CT molecular complexity index is 181. The van der Waals surface area contributed by atoms with Crippen molar-refractivity contribution in [2.24, 2.45) is 11.3 Å². The monoisotopic (exact) mass is 231 g/mol. The van der Waals surface area contributed by atoms with Crippen LogP contribution < -0.4 is 5.32 Å². The van der Waals surface area contributed by atoms with Crippen LogP contribution in [0.5, 0.6) is 0 Å². The lowest BCUT2D eigenvalue weighted by Crippen LogP contribution is -2.45. The Morgan fingerprint density at radius 3 is 2.25 bits per heavy atom. The van der Waals surface area contributed by atoms with E-state index in [1.807, 2.05) is 0 Å². The predicted octanol–water partition coefficient (Wildman–Crippen LogP) is 2.04. The largest absolute Gasteiger partial charge is 0.392 e. The second kappa shape index (κ2) is 7.25. The van der Waals surface area contributed by atoms with Gasteiger partial charge in [0.05, 0.1) is 12.7 Å². The van der Waals surface area contributed by atoms with E-state index in [4.69, 9.17) is 4.74 Å². The maximum absolute atomic E-state index is 10.1. The molecule has 0 saturated carbocycles. The molecule has 2 atom stereocenters. The quantitative estimate of drug-likeness (QED) is 0.672. The fraction of sp³-hybridized carbons (Fsp3) is 1.00. The van der Waals surface area contributed by atoms with E-state index in [0.29, 0.717) is 12.0 Å². The average molecular weight is 231 g/mol. The van der Waals surface area contributed by atoms with Crippen molar-refractivity contribution in [1.82, 2.24) is 5.32 Å². The Kier molecular flexibility index (Phi) is 7.20. The summed E-state index contributed by atoms with van der Waals surface area (Å²) in [5.74, 6) is 0.291. The first-order valence-corrected chi connectivity index (χ1v) is 6.25. The van der Waals surface area contributed by atoms with Gasteiger partial charge >= 0.3 is 0 Å². The molecule has 0 heterocycles. The van der Waals surface area contributed by atoms with Crippen molar-refractivity contribution >= 4 is 0 Å². The minimum Gasteiger partial charge on any atom is -0.392 e. The molecule has 0 aromatic rings. The van der Waals surface area contributed by atoms with E-state index in [1.54, 1.807) is 7.11 Å². The molecule has 16 heavy (non-hydrogen) atoms. The van der Waals surface area contributed by atoms with Gasteiger partial charge in [0.15, 0.2) is 0 Å². The minimum atomic E-state index is -0.278. The molecule has 0 amide bonds. The molecule has 0 aromatic carbocycles. The topological polar surface area (TPSA) is 41.5 Å². The zero-order chi connectivity index (χ0) is 12.8. The van der Waals surface area contributed by atoms with Gasteiger partial charge in [-0.15, -0.1) is 0 Å². The summed E-state index contributed by atoms with van der Waals surface area (Å²) in [6.45, 7) is 12.0. The van der Waals surface area contributed by atoms with Gasteiger partial charge in [0.1, 0.15) is 0 Å². The average Bonchev–Trinajstić information content (AvgIpc) is 2.22. The summed E-state index contributed by atoms with van der Waals surface area (Å²) in [6.07, 6.45) is 0.766. The molecule has 0 fully saturated rings. The summed E-state index contributed by atoms with van der Waals surface area (Å²) in [7, 11) is 1.72. The van der Waals surface area contributed by atoms with Crippen molar-refractivity contribution in [2.75, 3.05) is 20.3 Å². The van der Waals surface area contributed by atoms with Gasteiger partial charge in [-0.2, -0.15) is 0 Å². The summed E-state index contributed by atoms with van der Waals surface area (Å²) in [5.41, 5.74) is -0.102. The SMILES string of the molecule is CCC(COC)NCC(C)(C)C(O)C(C)C. The van der Waals surface area contributed by atoms with Gasteiger partial charge in [0.25, 0.3) is 0 Å². The molecular weight excluding hydrogens is 202 g/mol. The summed E-state index contributed by atoms with van der Waals surface area (Å²) in [6, 6.07) is 0.378. The van der Waals surface area contributed by atoms with Crippen molar-refractivity contribution in [3.63, 3.8) is 0 Å². The fourth-order valence-corrected chi connectivity index (χ4v) is 1.94. The molecular formula is C13H29NO2. The van der Waals surface area contributed by atoms with Gasteiger partial charge in [-0.05, 0) is 12.3 Å². The third-order valence-corrected chi connectivity index (χ3v) is 3.14. The first-order valence-electron chi connectivity index (χ1n) is 6.25. The molecule has 0 saturated heterocycles. The molecule has 2 unspecified atom stereocenters. The maximum Gasteiger partial charge on any atom is 0.0626 e. The molecule has 3 nitrogen and oxygen atoms in total. The molecule has 3 heteroatoms. The van der Waals surface area contributed by atoms with Crippen LogP contribution in [0, 0.1) is 11.3 Å². The lowest BCUT2D eigenvalue weighted by Gasteiger charge is -2.34. The second-order valence-electron chi connectivity index (χ2n) is 5.62. The molecule has 2 N–H and O–H groups in total. The summed E-state index contributed by atoms with van der Waals surface area (Å²) in [4.78, 5) is 0. The van der Waals surface area contributed by atoms with E-state index < -0.39 is 0 Å². The van der Waals surface area contributed by atoms with Crippen LogP contribution >= 0.6 is 0 Å². The Balaban J connectivity index is 4.15. The zero-order valence-electron chi connectivity index (χ0n) is 11.7. The van der Waals surface area contributed by atoms with Crippen molar-refractivity contribution in [3.05, 3.63) is 0 Å². The lowest BCUT2D eigenvalue weighted by atomic mass is 9.80. The highest BCUT2D eigenvalue weighted by Gasteiger charge is 2.30. The lowest BCUT2D eigenvalue weighted by molar-refractivity contribution is 0.0102. The van der Waals surface area contributed by atoms with Crippen LogP contribution in [0.2, 0.25) is 0 Å². The molecule has 0 aliphatic heterocycles. The molecule has 98 valence electrons. The molecule has 0 radical (unpaired) electrons. The van der Waals surface area contributed by atoms with Crippen LogP contribution in [-0.2, 0) is 4.74 Å². The van der Waals surface area contributed by atoms with Crippen molar-refractivity contribution in [3.8, 4) is 0 Å². The molecule has 0 rings (SSSR count). The van der Waals surface area contributed by atoms with Crippen LogP contribution in [0.15, 0.2) is 0 Å². The number of aliphatic hydroxyl groups is 1. The van der Waals surface area contributed by atoms with Gasteiger partial charge < -0.3 is 15.2 Å². The minimum absolute atomic E-state index is 0.102. The van der Waals surface area contributed by atoms with Crippen LogP contribution in [0.1, 0.15) is 41.0 Å². The Labute approximate surface area is 101 Å². The zero-order valence-corrected chi connectivity index (χ0v) is 11.7. The number of rotatable bonds is 8. The van der Waals surface area contributed by atoms with Crippen LogP contribution in [0.4, 0.5) is 0 Å². The van der Waals surface area contributed by atoms with Crippen LogP contribution in [0.3, 0.4) is 0 Å². The van der Waals surface area contributed by atoms with Crippen molar-refractivity contribution in [1.29, 1.82) is 0 Å². The first-order chi connectivity index (χ1) is 7.35. The fourth-order valence-electron chi connectivity index (χ4n) is 1.94. The van der Waals surface area contributed by atoms with Crippen LogP contribution in [0.25, 0.3) is 0 Å². The third kappa shape index (κ3) is 5.28. The molecule has 0 bridgehead atoms. The van der Waals surface area contributed by atoms with Gasteiger partial charge in [-0.3, -0.25) is 0 Å². The number of ether oxygens (including phenoxy) is 1. The highest BCUT2D eigenvalue weighted by molar-refractivity contribution is 4.83. The normalized spacial score (nSPS) is 16.5. The number of hydrogen-bond donors (Lipinski definition) is 2. The first kappa shape index (κ1) is 15.9. The predicted molar refractivity (Wildman–Crippen MR) is 68.6 cm³/mol. The number of aliphatic hydroxyl groups excluding tert-OH is 1. The van der Waals surface area contributed by atoms with Gasteiger partial charge in [0, 0.05) is 25.1 Å². The highest BCUT2D eigenvalue weighted by Crippen LogP contribution is 2.25. The molecule has 0 aliphatic carbocycles. The Hall–Kier alpha value is -0.120. The van der Waals surface area contributed by atoms with E-state index in [1.165, 1.54) is 0 Å². The van der Waals surface area contributed by atoms with Crippen LogP contribution in [-0.4, -0.2) is 37.5 Å². The Morgan fingerprint density at radius 2 is 1.88 bits per heavy atom. The van der Waals surface area contributed by atoms with E-state index >= 15 is 0 Å². The smallest absolute Gasteiger partial charge is 0.0626 e. The van der Waals surface area contributed by atoms with Crippen molar-refractivity contribution in [2.45, 2.75) is 53.2 Å². The van der Waals surface area contributed by atoms with E-state index in [-0.39, 0.29) is 11.5 Å². The maximum atomic E-state index is 10.1. The number of hydrogen-bond acceptors (Lipinski definition) is 3. The summed E-state index contributed by atoms with van der Waals surface area (Å²) < 4.78 is 5.14. The molecule has 0 spiro atoms. The third-order valence-electron chi connectivity index (χ3n) is 3.14. The van der Waals surface area contributed by atoms with E-state index in [2.05, 4.69) is 39.9 Å². The standard InChI is InChI=1S/C13H29NO2/c1-7-11(8-16-6)14-9-13(4,5)12(15)10(2)3/h10-12,14-15H,7-9H2,1-6H3. The number of nitrogens with one attached hydrogen (secondary N) is 1. The van der Waals surface area contributed by atoms with E-state index in [9.17, 15) is 5.11 Å². The summed E-state index contributed by atoms with van der Waals surface area (Å²) in [5, 5.41) is 13.6. The van der Waals surface area contributed by atoms with Gasteiger partial charge in [0.2, 0.25) is 0 Å².